The molecule has 0 radical (unpaired) electrons. The maximum atomic E-state index is 13.4. The SMILES string of the molecule is CC(C)(C)N1C(C(=O)Nc2c(C(N)=O)oc3ccc(Br)cc23)=CN2CCN(C(=O)O)CC21. The van der Waals surface area contributed by atoms with Gasteiger partial charge >= 0.3 is 6.09 Å². The molecule has 1 aromatic heterocycles. The van der Waals surface area contributed by atoms with Gasteiger partial charge in [0.1, 0.15) is 23.1 Å². The number of nitrogens with zero attached hydrogens (tertiary/aromatic N) is 3. The summed E-state index contributed by atoms with van der Waals surface area (Å²) < 4.78 is 6.33. The van der Waals surface area contributed by atoms with Crippen molar-refractivity contribution in [1.29, 1.82) is 0 Å². The fourth-order valence-electron chi connectivity index (χ4n) is 4.23. The molecule has 2 aliphatic heterocycles. The van der Waals surface area contributed by atoms with E-state index in [-0.39, 0.29) is 24.2 Å². The van der Waals surface area contributed by atoms with Gasteiger partial charge < -0.3 is 35.3 Å². The number of hydrogen-bond acceptors (Lipinski definition) is 6. The third-order valence-corrected chi connectivity index (χ3v) is 6.07. The van der Waals surface area contributed by atoms with Crippen molar-refractivity contribution in [3.63, 3.8) is 0 Å². The standard InChI is InChI=1S/C21H24BrN5O5/c1-21(2,3)27-13(9-25-6-7-26(20(30)31)10-15(25)27)19(29)24-16-12-8-11(22)4-5-14(12)32-17(16)18(23)28/h4-5,8-9,15H,6-7,10H2,1-3H3,(H2,23,28)(H,24,29)(H,30,31). The first-order chi connectivity index (χ1) is 15.0. The van der Waals surface area contributed by atoms with Crippen molar-refractivity contribution in [1.82, 2.24) is 14.7 Å². The molecule has 1 aromatic carbocycles. The molecule has 10 nitrogen and oxygen atoms in total. The molecule has 170 valence electrons. The van der Waals surface area contributed by atoms with Crippen molar-refractivity contribution in [2.75, 3.05) is 25.0 Å². The Morgan fingerprint density at radius 1 is 1.25 bits per heavy atom. The number of nitrogens with two attached hydrogens (primary N) is 1. The number of furan rings is 1. The van der Waals surface area contributed by atoms with Crippen LogP contribution in [0, 0.1) is 0 Å². The Hall–Kier alpha value is -3.21. The normalized spacial score (nSPS) is 18.6. The number of halogens is 1. The zero-order chi connectivity index (χ0) is 23.4. The van der Waals surface area contributed by atoms with Gasteiger partial charge in [-0.05, 0) is 39.0 Å². The number of carboxylic acid groups (broad SMARTS) is 1. The fourth-order valence-corrected chi connectivity index (χ4v) is 4.60. The highest BCUT2D eigenvalue weighted by molar-refractivity contribution is 9.10. The lowest BCUT2D eigenvalue weighted by Crippen LogP contribution is -2.60. The third-order valence-electron chi connectivity index (χ3n) is 5.58. The highest BCUT2D eigenvalue weighted by Crippen LogP contribution is 2.36. The summed E-state index contributed by atoms with van der Waals surface area (Å²) in [7, 11) is 0. The molecule has 1 unspecified atom stereocenters. The van der Waals surface area contributed by atoms with Crippen LogP contribution in [0.1, 0.15) is 31.3 Å². The second-order valence-electron chi connectivity index (χ2n) is 8.77. The second-order valence-corrected chi connectivity index (χ2v) is 9.68. The van der Waals surface area contributed by atoms with E-state index in [1.807, 2.05) is 30.6 Å². The summed E-state index contributed by atoms with van der Waals surface area (Å²) in [5.74, 6) is -1.38. The van der Waals surface area contributed by atoms with Gasteiger partial charge in [-0.15, -0.1) is 0 Å². The van der Waals surface area contributed by atoms with Crippen LogP contribution in [0.2, 0.25) is 0 Å². The highest BCUT2D eigenvalue weighted by atomic mass is 79.9. The van der Waals surface area contributed by atoms with E-state index < -0.39 is 23.4 Å². The monoisotopic (exact) mass is 505 g/mol. The van der Waals surface area contributed by atoms with Gasteiger partial charge in [-0.3, -0.25) is 9.59 Å². The van der Waals surface area contributed by atoms with Crippen LogP contribution in [-0.4, -0.2) is 69.1 Å². The average molecular weight is 506 g/mol. The summed E-state index contributed by atoms with van der Waals surface area (Å²) in [5, 5.41) is 12.8. The summed E-state index contributed by atoms with van der Waals surface area (Å²) in [5.41, 5.74) is 6.00. The topological polar surface area (TPSA) is 132 Å². The minimum absolute atomic E-state index is 0.137. The van der Waals surface area contributed by atoms with Gasteiger partial charge in [0, 0.05) is 34.7 Å². The molecule has 2 aromatic rings. The lowest BCUT2D eigenvalue weighted by atomic mass is 10.0. The number of benzene rings is 1. The molecular formula is C21H24BrN5O5. The molecule has 0 bridgehead atoms. The molecular weight excluding hydrogens is 482 g/mol. The van der Waals surface area contributed by atoms with E-state index >= 15 is 0 Å². The van der Waals surface area contributed by atoms with Crippen LogP contribution < -0.4 is 11.1 Å². The molecule has 3 amide bonds. The minimum atomic E-state index is -0.988. The highest BCUT2D eigenvalue weighted by Gasteiger charge is 2.44. The molecule has 11 heteroatoms. The van der Waals surface area contributed by atoms with Crippen molar-refractivity contribution in [3.05, 3.63) is 40.3 Å². The molecule has 0 spiro atoms. The third kappa shape index (κ3) is 3.77. The first kappa shape index (κ1) is 22.0. The van der Waals surface area contributed by atoms with Crippen LogP contribution in [-0.2, 0) is 4.79 Å². The number of rotatable bonds is 3. The lowest BCUT2D eigenvalue weighted by Gasteiger charge is -2.46. The fraction of sp³-hybridized carbons (Fsp3) is 0.381. The Balaban J connectivity index is 1.70. The van der Waals surface area contributed by atoms with E-state index in [9.17, 15) is 19.5 Å². The first-order valence-electron chi connectivity index (χ1n) is 10.1. The van der Waals surface area contributed by atoms with Crippen molar-refractivity contribution >= 4 is 50.5 Å². The molecule has 4 N–H and O–H groups in total. The van der Waals surface area contributed by atoms with Crippen molar-refractivity contribution in [2.24, 2.45) is 5.73 Å². The number of fused-ring (bicyclic) bond motifs is 2. The van der Waals surface area contributed by atoms with E-state index in [2.05, 4.69) is 21.2 Å². The van der Waals surface area contributed by atoms with Gasteiger partial charge in [0.05, 0.1) is 6.54 Å². The first-order valence-corrected chi connectivity index (χ1v) is 10.8. The minimum Gasteiger partial charge on any atom is -0.465 e. The number of nitrogens with one attached hydrogen (secondary N) is 1. The zero-order valence-corrected chi connectivity index (χ0v) is 19.5. The van der Waals surface area contributed by atoms with Gasteiger partial charge in [-0.25, -0.2) is 4.79 Å². The van der Waals surface area contributed by atoms with E-state index in [0.717, 1.165) is 4.47 Å². The number of piperazine rings is 1. The molecule has 3 heterocycles. The molecule has 4 rings (SSSR count). The van der Waals surface area contributed by atoms with E-state index in [1.165, 1.54) is 4.90 Å². The number of hydrogen-bond donors (Lipinski definition) is 3. The molecule has 32 heavy (non-hydrogen) atoms. The van der Waals surface area contributed by atoms with Gasteiger partial charge in [-0.1, -0.05) is 15.9 Å². The zero-order valence-electron chi connectivity index (χ0n) is 17.9. The summed E-state index contributed by atoms with van der Waals surface area (Å²) in [6, 6.07) is 5.17. The molecule has 0 saturated carbocycles. The number of primary amides is 1. The Morgan fingerprint density at radius 3 is 2.59 bits per heavy atom. The Labute approximate surface area is 192 Å². The maximum Gasteiger partial charge on any atom is 0.407 e. The Bertz CT molecular complexity index is 1150. The molecule has 1 saturated heterocycles. The predicted molar refractivity (Wildman–Crippen MR) is 121 cm³/mol. The van der Waals surface area contributed by atoms with Gasteiger partial charge in [0.15, 0.2) is 0 Å². The van der Waals surface area contributed by atoms with Crippen LogP contribution in [0.3, 0.4) is 0 Å². The number of anilines is 1. The van der Waals surface area contributed by atoms with Crippen LogP contribution in [0.25, 0.3) is 11.0 Å². The smallest absolute Gasteiger partial charge is 0.407 e. The average Bonchev–Trinajstić information content (AvgIpc) is 3.26. The van der Waals surface area contributed by atoms with Crippen LogP contribution in [0.5, 0.6) is 0 Å². The summed E-state index contributed by atoms with van der Waals surface area (Å²) in [6.45, 7) is 6.92. The molecule has 0 aliphatic carbocycles. The van der Waals surface area contributed by atoms with Crippen LogP contribution in [0.4, 0.5) is 10.5 Å². The summed E-state index contributed by atoms with van der Waals surface area (Å²) in [6.07, 6.45) is 0.441. The lowest BCUT2D eigenvalue weighted by molar-refractivity contribution is -0.115. The molecule has 1 atom stereocenters. The largest absolute Gasteiger partial charge is 0.465 e. The van der Waals surface area contributed by atoms with Crippen molar-refractivity contribution in [3.8, 4) is 0 Å². The van der Waals surface area contributed by atoms with Crippen LogP contribution >= 0.6 is 15.9 Å². The van der Waals surface area contributed by atoms with Gasteiger partial charge in [0.2, 0.25) is 5.76 Å². The summed E-state index contributed by atoms with van der Waals surface area (Å²) >= 11 is 3.39. The number of carbonyl (C=O) groups is 3. The predicted octanol–water partition coefficient (Wildman–Crippen LogP) is 2.81. The quantitative estimate of drug-likeness (QED) is 0.583. The Kier molecular flexibility index (Phi) is 5.32. The maximum absolute atomic E-state index is 13.4. The van der Waals surface area contributed by atoms with E-state index in [4.69, 9.17) is 10.2 Å². The second kappa shape index (κ2) is 7.73. The number of carbonyl (C=O) groups excluding carboxylic acids is 2. The van der Waals surface area contributed by atoms with Gasteiger partial charge in [-0.2, -0.15) is 0 Å². The molecule has 2 aliphatic rings. The van der Waals surface area contributed by atoms with E-state index in [1.54, 1.807) is 24.4 Å². The van der Waals surface area contributed by atoms with Crippen molar-refractivity contribution < 1.29 is 23.9 Å². The molecule has 1 fully saturated rings. The summed E-state index contributed by atoms with van der Waals surface area (Å²) in [4.78, 5) is 42.2. The Morgan fingerprint density at radius 2 is 1.97 bits per heavy atom. The van der Waals surface area contributed by atoms with E-state index in [0.29, 0.717) is 29.8 Å². The number of amides is 3. The van der Waals surface area contributed by atoms with Gasteiger partial charge in [0.25, 0.3) is 11.8 Å². The van der Waals surface area contributed by atoms with Crippen LogP contribution in [0.15, 0.2) is 39.0 Å². The van der Waals surface area contributed by atoms with Crippen molar-refractivity contribution in [2.45, 2.75) is 32.5 Å².